The topological polar surface area (TPSA) is 78.9 Å². The van der Waals surface area contributed by atoms with E-state index in [2.05, 4.69) is 179 Å². The second-order valence-corrected chi connectivity index (χ2v) is 20.5. The number of rotatable bonds is 56. The number of carbonyl (C=O) groups is 3. The minimum atomic E-state index is -0.869. The molecule has 0 aliphatic rings. The Morgan fingerprint density at radius 3 is 0.827 bits per heavy atom. The Hall–Kier alpha value is -5.49. The predicted octanol–water partition coefficient (Wildman–Crippen LogP) is 22.4. The van der Waals surface area contributed by atoms with Gasteiger partial charge in [-0.3, -0.25) is 14.4 Å². The molecule has 81 heavy (non-hydrogen) atoms. The Labute approximate surface area is 497 Å². The van der Waals surface area contributed by atoms with Crippen molar-refractivity contribution >= 4 is 17.9 Å². The third-order valence-electron chi connectivity index (χ3n) is 12.9. The summed E-state index contributed by atoms with van der Waals surface area (Å²) in [5.74, 6) is -1.17. The Bertz CT molecular complexity index is 1900. The van der Waals surface area contributed by atoms with E-state index < -0.39 is 12.1 Å². The highest BCUT2D eigenvalue weighted by atomic mass is 16.6. The summed E-state index contributed by atoms with van der Waals surface area (Å²) in [7, 11) is 0. The molecule has 0 radical (unpaired) electrons. The molecule has 0 saturated heterocycles. The van der Waals surface area contributed by atoms with Gasteiger partial charge in [-0.1, -0.05) is 293 Å². The van der Waals surface area contributed by atoms with Gasteiger partial charge in [-0.05, 0) is 122 Å². The molecule has 6 nitrogen and oxygen atoms in total. The molecule has 0 rings (SSSR count). The lowest BCUT2D eigenvalue weighted by Crippen LogP contribution is -2.30. The number of hydrogen-bond acceptors (Lipinski definition) is 6. The summed E-state index contributed by atoms with van der Waals surface area (Å²) in [6.45, 7) is 6.13. The monoisotopic (exact) mass is 1110 g/mol. The van der Waals surface area contributed by atoms with Crippen LogP contribution in [0.3, 0.4) is 0 Å². The summed E-state index contributed by atoms with van der Waals surface area (Å²) >= 11 is 0. The fraction of sp³-hybridized carbons (Fsp3) is 0.560. The van der Waals surface area contributed by atoms with Crippen LogP contribution in [0, 0.1) is 0 Å². The van der Waals surface area contributed by atoms with Crippen molar-refractivity contribution in [3.63, 3.8) is 0 Å². The molecule has 0 spiro atoms. The summed E-state index contributed by atoms with van der Waals surface area (Å²) in [5.41, 5.74) is 0. The van der Waals surface area contributed by atoms with Gasteiger partial charge in [-0.25, -0.2) is 0 Å². The molecule has 0 amide bonds. The van der Waals surface area contributed by atoms with Gasteiger partial charge in [0.1, 0.15) is 13.2 Å². The van der Waals surface area contributed by atoms with Crippen LogP contribution in [0.1, 0.15) is 252 Å². The summed E-state index contributed by atoms with van der Waals surface area (Å²) in [5, 5.41) is 0. The van der Waals surface area contributed by atoms with Crippen molar-refractivity contribution in [2.75, 3.05) is 13.2 Å². The van der Waals surface area contributed by atoms with E-state index in [0.29, 0.717) is 19.3 Å². The maximum atomic E-state index is 12.8. The summed E-state index contributed by atoms with van der Waals surface area (Å²) in [4.78, 5) is 38.1. The smallest absolute Gasteiger partial charge is 0.310 e. The van der Waals surface area contributed by atoms with Crippen LogP contribution in [0.2, 0.25) is 0 Å². The van der Waals surface area contributed by atoms with Crippen LogP contribution in [0.25, 0.3) is 0 Å². The van der Waals surface area contributed by atoms with Crippen molar-refractivity contribution in [2.45, 2.75) is 258 Å². The number of hydrogen-bond donors (Lipinski definition) is 0. The molecular formula is C75H116O6. The lowest BCUT2D eigenvalue weighted by atomic mass is 10.0. The maximum absolute atomic E-state index is 12.8. The highest BCUT2D eigenvalue weighted by Gasteiger charge is 2.19. The van der Waals surface area contributed by atoms with Gasteiger partial charge in [0.25, 0.3) is 0 Å². The van der Waals surface area contributed by atoms with Crippen LogP contribution in [0.15, 0.2) is 182 Å². The van der Waals surface area contributed by atoms with E-state index in [1.165, 1.54) is 89.9 Å². The number of allylic oxidation sites excluding steroid dienone is 29. The molecule has 0 N–H and O–H groups in total. The van der Waals surface area contributed by atoms with Crippen LogP contribution in [-0.2, 0) is 28.6 Å². The first-order valence-electron chi connectivity index (χ1n) is 32.3. The fourth-order valence-electron chi connectivity index (χ4n) is 8.24. The highest BCUT2D eigenvalue weighted by molar-refractivity contribution is 5.72. The first-order chi connectivity index (χ1) is 40.0. The minimum absolute atomic E-state index is 0.0753. The van der Waals surface area contributed by atoms with E-state index in [1.807, 2.05) is 18.2 Å². The van der Waals surface area contributed by atoms with Crippen LogP contribution < -0.4 is 0 Å². The molecule has 1 unspecified atom stereocenters. The molecule has 0 aromatic rings. The molecule has 0 heterocycles. The van der Waals surface area contributed by atoms with Gasteiger partial charge in [0, 0.05) is 12.8 Å². The molecule has 0 aliphatic heterocycles. The van der Waals surface area contributed by atoms with Gasteiger partial charge < -0.3 is 14.2 Å². The largest absolute Gasteiger partial charge is 0.462 e. The molecule has 0 fully saturated rings. The Morgan fingerprint density at radius 2 is 0.506 bits per heavy atom. The highest BCUT2D eigenvalue weighted by Crippen LogP contribution is 2.15. The van der Waals surface area contributed by atoms with E-state index in [4.69, 9.17) is 14.2 Å². The van der Waals surface area contributed by atoms with Gasteiger partial charge in [0.05, 0.1) is 6.42 Å². The SMILES string of the molecule is CC/C=C\C/C=C\C/C=C\C/C=C\C/C=C\C/C=C\CCCCCCCCCCCCCCCCCCC(=O)OCC(COC(=O)CC/C=C\C/C=C\C/C=C\C/C=C\CC)OC(=O)C/C=C\C/C=C\C/C=C\C/C=C\C/C=C\CC. The Balaban J connectivity index is 4.27. The number of unbranched alkanes of at least 4 members (excludes halogenated alkanes) is 16. The van der Waals surface area contributed by atoms with E-state index in [9.17, 15) is 14.4 Å². The normalized spacial score (nSPS) is 13.4. The Morgan fingerprint density at radius 1 is 0.259 bits per heavy atom. The summed E-state index contributed by atoms with van der Waals surface area (Å²) in [6.07, 6.45) is 101. The second kappa shape index (κ2) is 67.0. The van der Waals surface area contributed by atoms with Crippen molar-refractivity contribution in [2.24, 2.45) is 0 Å². The molecule has 0 aromatic carbocycles. The Kier molecular flexibility index (Phi) is 62.5. The quantitative estimate of drug-likeness (QED) is 0.0261. The molecule has 1 atom stereocenters. The fourth-order valence-corrected chi connectivity index (χ4v) is 8.24. The molecule has 452 valence electrons. The van der Waals surface area contributed by atoms with Gasteiger partial charge >= 0.3 is 17.9 Å². The zero-order valence-corrected chi connectivity index (χ0v) is 51.7. The average molecular weight is 1110 g/mol. The van der Waals surface area contributed by atoms with Crippen molar-refractivity contribution < 1.29 is 28.6 Å². The zero-order valence-electron chi connectivity index (χ0n) is 51.7. The van der Waals surface area contributed by atoms with Crippen molar-refractivity contribution in [1.82, 2.24) is 0 Å². The molecule has 6 heteroatoms. The van der Waals surface area contributed by atoms with Gasteiger partial charge in [0.2, 0.25) is 0 Å². The zero-order chi connectivity index (χ0) is 58.5. The number of carbonyl (C=O) groups excluding carboxylic acids is 3. The molecule has 0 aliphatic carbocycles. The van der Waals surface area contributed by atoms with Gasteiger partial charge in [0.15, 0.2) is 6.10 Å². The van der Waals surface area contributed by atoms with E-state index in [-0.39, 0.29) is 38.0 Å². The van der Waals surface area contributed by atoms with Crippen molar-refractivity contribution in [3.8, 4) is 0 Å². The summed E-state index contributed by atoms with van der Waals surface area (Å²) in [6, 6.07) is 0. The number of ether oxygens (including phenoxy) is 3. The lowest BCUT2D eigenvalue weighted by molar-refractivity contribution is -0.166. The van der Waals surface area contributed by atoms with Crippen LogP contribution in [0.4, 0.5) is 0 Å². The lowest BCUT2D eigenvalue weighted by Gasteiger charge is -2.18. The summed E-state index contributed by atoms with van der Waals surface area (Å²) < 4.78 is 16.7. The second-order valence-electron chi connectivity index (χ2n) is 20.5. The van der Waals surface area contributed by atoms with Gasteiger partial charge in [-0.15, -0.1) is 0 Å². The van der Waals surface area contributed by atoms with Gasteiger partial charge in [-0.2, -0.15) is 0 Å². The van der Waals surface area contributed by atoms with Crippen LogP contribution in [-0.4, -0.2) is 37.2 Å². The predicted molar refractivity (Wildman–Crippen MR) is 352 cm³/mol. The van der Waals surface area contributed by atoms with E-state index >= 15 is 0 Å². The average Bonchev–Trinajstić information content (AvgIpc) is 3.46. The first-order valence-corrected chi connectivity index (χ1v) is 32.3. The van der Waals surface area contributed by atoms with Crippen molar-refractivity contribution in [3.05, 3.63) is 182 Å². The molecular weight excluding hydrogens is 997 g/mol. The first kappa shape index (κ1) is 75.5. The molecule has 0 saturated carbocycles. The molecule has 0 bridgehead atoms. The van der Waals surface area contributed by atoms with E-state index in [1.54, 1.807) is 6.08 Å². The standard InChI is InChI=1S/C75H116O6/c1-4-7-10-13-16-19-22-25-27-28-29-30-31-32-33-34-35-36-37-38-39-40-41-42-43-44-45-46-48-50-53-56-59-62-65-68-74(77)80-71-72(70-79-73(76)67-64-61-58-55-52-49-24-21-18-15-12-9-6-3)81-75(78)69-66-63-60-57-54-51-47-26-23-20-17-14-11-8-5-2/h7-12,16-21,25-27,29-30,32-33,35-36,47,49,52,54,57-58,61,63,66,72H,4-6,13-15,22-24,28,31,34,37-46,48,50-51,53,55-56,59-60,62,64-65,67-71H2,1-3H3/b10-7-,11-8-,12-9-,19-16-,20-17-,21-18-,27-25-,30-29-,33-32-,36-35-,47-26-,52-49-,57-54-,61-58-,66-63-. The van der Waals surface area contributed by atoms with Crippen LogP contribution in [0.5, 0.6) is 0 Å². The number of esters is 3. The van der Waals surface area contributed by atoms with Crippen LogP contribution >= 0.6 is 0 Å². The maximum Gasteiger partial charge on any atom is 0.310 e. The third-order valence-corrected chi connectivity index (χ3v) is 12.9. The van der Waals surface area contributed by atoms with E-state index in [0.717, 1.165) is 109 Å². The molecule has 0 aromatic heterocycles. The minimum Gasteiger partial charge on any atom is -0.462 e. The van der Waals surface area contributed by atoms with Crippen molar-refractivity contribution in [1.29, 1.82) is 0 Å². The third kappa shape index (κ3) is 65.2.